The van der Waals surface area contributed by atoms with Gasteiger partial charge in [-0.25, -0.2) is 4.98 Å². The zero-order chi connectivity index (χ0) is 22.9. The van der Waals surface area contributed by atoms with E-state index in [2.05, 4.69) is 27.4 Å². The highest BCUT2D eigenvalue weighted by Gasteiger charge is 2.35. The van der Waals surface area contributed by atoms with Crippen molar-refractivity contribution in [2.45, 2.75) is 38.9 Å². The molecule has 1 unspecified atom stereocenters. The van der Waals surface area contributed by atoms with Crippen molar-refractivity contribution in [2.75, 3.05) is 18.4 Å². The lowest BCUT2D eigenvalue weighted by Gasteiger charge is -2.40. The van der Waals surface area contributed by atoms with Crippen LogP contribution in [-0.2, 0) is 6.18 Å². The summed E-state index contributed by atoms with van der Waals surface area (Å²) in [7, 11) is 0. The molecule has 0 bridgehead atoms. The molecule has 2 atom stereocenters. The fourth-order valence-electron chi connectivity index (χ4n) is 3.98. The van der Waals surface area contributed by atoms with Gasteiger partial charge in [-0.3, -0.25) is 4.79 Å². The third-order valence-electron chi connectivity index (χ3n) is 5.65. The maximum absolute atomic E-state index is 13.6. The lowest BCUT2D eigenvalue weighted by molar-refractivity contribution is -0.140. The molecule has 1 aliphatic rings. The first-order valence-corrected chi connectivity index (χ1v) is 11.2. The Labute approximate surface area is 187 Å². The average molecular weight is 465 g/mol. The number of likely N-dealkylation sites (tertiary alicyclic amines) is 1. The fraction of sp³-hybridized carbons (Fsp3) is 0.429. The van der Waals surface area contributed by atoms with E-state index < -0.39 is 11.9 Å². The van der Waals surface area contributed by atoms with Crippen molar-refractivity contribution < 1.29 is 18.0 Å². The van der Waals surface area contributed by atoms with Crippen molar-refractivity contribution in [2.24, 2.45) is 5.92 Å². The number of anilines is 1. The molecule has 1 aromatic carbocycles. The zero-order valence-corrected chi connectivity index (χ0v) is 18.5. The summed E-state index contributed by atoms with van der Waals surface area (Å²) in [4.78, 5) is 20.5. The highest BCUT2D eigenvalue weighted by molar-refractivity contribution is 7.13. The molecule has 3 aromatic rings. The van der Waals surface area contributed by atoms with Gasteiger partial charge in [0.05, 0.1) is 29.7 Å². The average Bonchev–Trinajstić information content (AvgIpc) is 3.44. The highest BCUT2D eigenvalue weighted by Crippen LogP contribution is 2.32. The summed E-state index contributed by atoms with van der Waals surface area (Å²) < 4.78 is 38.6. The van der Waals surface area contributed by atoms with Gasteiger partial charge in [0.1, 0.15) is 0 Å². The van der Waals surface area contributed by atoms with Crippen LogP contribution in [0.25, 0.3) is 5.69 Å². The van der Waals surface area contributed by atoms with E-state index in [0.29, 0.717) is 24.3 Å². The zero-order valence-electron chi connectivity index (χ0n) is 17.6. The summed E-state index contributed by atoms with van der Waals surface area (Å²) in [5.74, 6) is 0.0350. The summed E-state index contributed by atoms with van der Waals surface area (Å²) in [5, 5.41) is 12.5. The van der Waals surface area contributed by atoms with Crippen LogP contribution in [-0.4, -0.2) is 49.9 Å². The molecule has 170 valence electrons. The van der Waals surface area contributed by atoms with Gasteiger partial charge < -0.3 is 10.2 Å². The Balaban J connectivity index is 1.57. The number of carbonyl (C=O) groups is 1. The molecule has 3 heterocycles. The Kier molecular flexibility index (Phi) is 6.18. The Hall–Kier alpha value is -2.95. The monoisotopic (exact) mass is 464 g/mol. The largest absolute Gasteiger partial charge is 0.434 e. The van der Waals surface area contributed by atoms with E-state index in [1.54, 1.807) is 17.3 Å². The number of hydrogen-bond donors (Lipinski definition) is 1. The second-order valence-corrected chi connectivity index (χ2v) is 8.80. The highest BCUT2D eigenvalue weighted by atomic mass is 32.1. The first-order valence-electron chi connectivity index (χ1n) is 10.3. The van der Waals surface area contributed by atoms with Crippen molar-refractivity contribution in [3.63, 3.8) is 0 Å². The van der Waals surface area contributed by atoms with Crippen LogP contribution in [0.1, 0.15) is 41.4 Å². The molecule has 1 fully saturated rings. The maximum Gasteiger partial charge on any atom is 0.434 e. The molecular weight excluding hydrogens is 441 g/mol. The normalized spacial score (nSPS) is 19.2. The van der Waals surface area contributed by atoms with Crippen LogP contribution >= 0.6 is 11.3 Å². The third-order valence-corrected chi connectivity index (χ3v) is 6.45. The molecule has 11 heteroatoms. The minimum Gasteiger partial charge on any atom is -0.359 e. The van der Waals surface area contributed by atoms with Crippen LogP contribution in [0, 0.1) is 12.8 Å². The molecule has 7 nitrogen and oxygen atoms in total. The van der Waals surface area contributed by atoms with E-state index in [9.17, 15) is 18.0 Å². The van der Waals surface area contributed by atoms with Crippen molar-refractivity contribution in [1.82, 2.24) is 24.9 Å². The third kappa shape index (κ3) is 4.62. The van der Waals surface area contributed by atoms with Crippen LogP contribution < -0.4 is 5.32 Å². The summed E-state index contributed by atoms with van der Waals surface area (Å²) in [5.41, 5.74) is 1.11. The standard InChI is InChI=1S/C21H23F3N6OS/c1-13-5-6-16(30-26-7-8-27-30)15(10-13)19(31)29-9-3-4-14(2)17(29)11-25-20-28-18(12-32-20)21(22,23)24/h5-8,10,12,14,17H,3-4,9,11H2,1-2H3,(H,25,28)/t14-,17?/m1/s1. The molecule has 4 rings (SSSR count). The molecule has 2 aromatic heterocycles. The first-order chi connectivity index (χ1) is 15.2. The van der Waals surface area contributed by atoms with Crippen molar-refractivity contribution in [3.05, 3.63) is 52.8 Å². The molecule has 0 aliphatic carbocycles. The molecular formula is C21H23F3N6OS. The second-order valence-electron chi connectivity index (χ2n) is 7.94. The molecule has 1 saturated heterocycles. The van der Waals surface area contributed by atoms with Gasteiger partial charge >= 0.3 is 6.18 Å². The first kappa shape index (κ1) is 22.3. The van der Waals surface area contributed by atoms with E-state index >= 15 is 0 Å². The fourth-order valence-corrected chi connectivity index (χ4v) is 4.71. The SMILES string of the molecule is Cc1ccc(-n2nccn2)c(C(=O)N2CCC[C@@H](C)C2CNc2nc(C(F)(F)F)cs2)c1. The quantitative estimate of drug-likeness (QED) is 0.606. The predicted octanol–water partition coefficient (Wildman–Crippen LogP) is 4.40. The summed E-state index contributed by atoms with van der Waals surface area (Å²) in [6.45, 7) is 4.86. The van der Waals surface area contributed by atoms with Crippen LogP contribution in [0.4, 0.5) is 18.3 Å². The van der Waals surface area contributed by atoms with E-state index in [0.717, 1.165) is 35.1 Å². The number of aryl methyl sites for hydroxylation is 1. The lowest BCUT2D eigenvalue weighted by Crippen LogP contribution is -2.51. The minimum atomic E-state index is -4.47. The molecule has 0 spiro atoms. The number of aromatic nitrogens is 4. The number of amides is 1. The van der Waals surface area contributed by atoms with Gasteiger partial charge in [-0.15, -0.1) is 11.3 Å². The van der Waals surface area contributed by atoms with E-state index in [1.165, 1.54) is 4.80 Å². The Morgan fingerprint density at radius 3 is 2.72 bits per heavy atom. The van der Waals surface area contributed by atoms with Crippen LogP contribution in [0.2, 0.25) is 0 Å². The predicted molar refractivity (Wildman–Crippen MR) is 115 cm³/mol. The number of piperidine rings is 1. The van der Waals surface area contributed by atoms with E-state index in [1.807, 2.05) is 25.1 Å². The summed E-state index contributed by atoms with van der Waals surface area (Å²) in [6, 6.07) is 5.35. The smallest absolute Gasteiger partial charge is 0.359 e. The number of rotatable bonds is 5. The Morgan fingerprint density at radius 1 is 1.28 bits per heavy atom. The molecule has 0 radical (unpaired) electrons. The molecule has 0 saturated carbocycles. The van der Waals surface area contributed by atoms with Crippen molar-refractivity contribution in [1.29, 1.82) is 0 Å². The number of halogens is 3. The number of nitrogens with zero attached hydrogens (tertiary/aromatic N) is 5. The second kappa shape index (κ2) is 8.89. The van der Waals surface area contributed by atoms with Crippen LogP contribution in [0.5, 0.6) is 0 Å². The van der Waals surface area contributed by atoms with Crippen LogP contribution in [0.3, 0.4) is 0 Å². The summed E-state index contributed by atoms with van der Waals surface area (Å²) >= 11 is 0.909. The van der Waals surface area contributed by atoms with E-state index in [-0.39, 0.29) is 23.0 Å². The van der Waals surface area contributed by atoms with Gasteiger partial charge in [-0.1, -0.05) is 18.6 Å². The van der Waals surface area contributed by atoms with Gasteiger partial charge in [0, 0.05) is 18.5 Å². The lowest BCUT2D eigenvalue weighted by atomic mass is 9.90. The maximum atomic E-state index is 13.6. The Morgan fingerprint density at radius 2 is 2.03 bits per heavy atom. The van der Waals surface area contributed by atoms with Gasteiger partial charge in [-0.2, -0.15) is 28.2 Å². The number of thiazole rings is 1. The van der Waals surface area contributed by atoms with Crippen molar-refractivity contribution in [3.8, 4) is 5.69 Å². The van der Waals surface area contributed by atoms with Crippen LogP contribution in [0.15, 0.2) is 36.0 Å². The van der Waals surface area contributed by atoms with Crippen molar-refractivity contribution >= 4 is 22.4 Å². The van der Waals surface area contributed by atoms with E-state index in [4.69, 9.17) is 0 Å². The molecule has 32 heavy (non-hydrogen) atoms. The topological polar surface area (TPSA) is 75.9 Å². The molecule has 1 amide bonds. The summed E-state index contributed by atoms with van der Waals surface area (Å²) in [6.07, 6.45) is 0.419. The molecule has 1 aliphatic heterocycles. The number of nitrogens with one attached hydrogen (secondary N) is 1. The van der Waals surface area contributed by atoms with Gasteiger partial charge in [0.2, 0.25) is 0 Å². The molecule has 1 N–H and O–H groups in total. The number of carbonyl (C=O) groups excluding carboxylic acids is 1. The van der Waals surface area contributed by atoms with Gasteiger partial charge in [0.25, 0.3) is 5.91 Å². The van der Waals surface area contributed by atoms with Gasteiger partial charge in [0.15, 0.2) is 10.8 Å². The Bertz CT molecular complexity index is 1080. The number of benzene rings is 1. The number of hydrogen-bond acceptors (Lipinski definition) is 6. The minimum absolute atomic E-state index is 0.144. The number of alkyl halides is 3. The van der Waals surface area contributed by atoms with Gasteiger partial charge in [-0.05, 0) is 37.8 Å².